The Labute approximate surface area is 173 Å². The summed E-state index contributed by atoms with van der Waals surface area (Å²) in [6.45, 7) is 3.17. The van der Waals surface area contributed by atoms with Crippen LogP contribution in [0.5, 0.6) is 5.88 Å². The highest BCUT2D eigenvalue weighted by Crippen LogP contribution is 2.42. The topological polar surface area (TPSA) is 101 Å². The van der Waals surface area contributed by atoms with E-state index in [0.717, 1.165) is 12.8 Å². The normalized spacial score (nSPS) is 15.4. The second-order valence-corrected chi connectivity index (χ2v) is 7.38. The second kappa shape index (κ2) is 9.63. The van der Waals surface area contributed by atoms with Crippen LogP contribution in [0.1, 0.15) is 67.9 Å². The molecule has 0 aromatic carbocycles. The van der Waals surface area contributed by atoms with Gasteiger partial charge in [0.15, 0.2) is 6.10 Å². The number of hydrogen-bond donors (Lipinski definition) is 3. The number of aliphatic hydroxyl groups excluding tert-OH is 1. The van der Waals surface area contributed by atoms with Gasteiger partial charge in [-0.15, -0.1) is 0 Å². The zero-order chi connectivity index (χ0) is 22.5. The average Bonchev–Trinajstić information content (AvgIpc) is 3.55. The van der Waals surface area contributed by atoms with E-state index in [-0.39, 0.29) is 23.4 Å². The Morgan fingerprint density at radius 2 is 1.90 bits per heavy atom. The molecule has 1 saturated carbocycles. The second-order valence-electron chi connectivity index (χ2n) is 7.38. The lowest BCUT2D eigenvalue weighted by Crippen LogP contribution is -2.57. The van der Waals surface area contributed by atoms with Gasteiger partial charge in [0.25, 0.3) is 5.91 Å². The van der Waals surface area contributed by atoms with E-state index in [1.54, 1.807) is 19.9 Å². The van der Waals surface area contributed by atoms with Gasteiger partial charge in [-0.2, -0.15) is 13.2 Å². The molecule has 1 aromatic heterocycles. The Morgan fingerprint density at radius 3 is 2.40 bits per heavy atom. The van der Waals surface area contributed by atoms with Crippen molar-refractivity contribution in [2.24, 2.45) is 0 Å². The van der Waals surface area contributed by atoms with Crippen LogP contribution in [0.2, 0.25) is 0 Å². The lowest BCUT2D eigenvalue weighted by Gasteiger charge is -2.31. The minimum absolute atomic E-state index is 0.0162. The molecule has 2 rings (SSSR count). The number of amides is 2. The molecule has 10 heteroatoms. The van der Waals surface area contributed by atoms with Crippen LogP contribution < -0.4 is 15.4 Å². The first kappa shape index (κ1) is 23.9. The van der Waals surface area contributed by atoms with Gasteiger partial charge in [0.2, 0.25) is 11.8 Å². The van der Waals surface area contributed by atoms with E-state index < -0.39 is 36.8 Å². The molecule has 0 aliphatic heterocycles. The fourth-order valence-corrected chi connectivity index (χ4v) is 3.20. The number of nitrogens with one attached hydrogen (secondary N) is 2. The number of alkyl halides is 3. The van der Waals surface area contributed by atoms with E-state index in [4.69, 9.17) is 9.84 Å². The number of aliphatic hydroxyl groups is 1. The highest BCUT2D eigenvalue weighted by atomic mass is 19.4. The summed E-state index contributed by atoms with van der Waals surface area (Å²) < 4.78 is 42.5. The zero-order valence-electron chi connectivity index (χ0n) is 17.3. The lowest BCUT2D eigenvalue weighted by atomic mass is 9.91. The maximum absolute atomic E-state index is 13.0. The number of carbonyl (C=O) groups excluding carboxylic acids is 2. The van der Waals surface area contributed by atoms with Crippen LogP contribution in [0.25, 0.3) is 0 Å². The third-order valence-corrected chi connectivity index (χ3v) is 5.37. The van der Waals surface area contributed by atoms with Crippen molar-refractivity contribution in [3.8, 4) is 5.88 Å². The Morgan fingerprint density at radius 1 is 1.27 bits per heavy atom. The Kier molecular flexibility index (Phi) is 7.68. The number of aromatic nitrogens is 1. The predicted molar refractivity (Wildman–Crippen MR) is 103 cm³/mol. The number of hydrogen-bond acceptors (Lipinski definition) is 5. The van der Waals surface area contributed by atoms with Crippen molar-refractivity contribution in [3.63, 3.8) is 0 Å². The number of ether oxygens (including phenoxy) is 1. The lowest BCUT2D eigenvalue weighted by molar-refractivity contribution is -0.206. The molecule has 1 heterocycles. The first-order valence-corrected chi connectivity index (χ1v) is 10.0. The number of pyridine rings is 1. The van der Waals surface area contributed by atoms with Crippen LogP contribution in [0, 0.1) is 0 Å². The van der Waals surface area contributed by atoms with Gasteiger partial charge in [-0.25, -0.2) is 4.98 Å². The molecule has 0 saturated heterocycles. The van der Waals surface area contributed by atoms with Crippen LogP contribution >= 0.6 is 0 Å². The smallest absolute Gasteiger partial charge is 0.414 e. The Balaban J connectivity index is 2.19. The molecule has 1 aromatic rings. The number of nitrogens with zero attached hydrogens (tertiary/aromatic N) is 1. The van der Waals surface area contributed by atoms with Crippen LogP contribution in [0.4, 0.5) is 13.2 Å². The molecule has 7 nitrogen and oxygen atoms in total. The third-order valence-electron chi connectivity index (χ3n) is 5.37. The fraction of sp³-hybridized carbons (Fsp3) is 0.650. The first-order valence-electron chi connectivity index (χ1n) is 10.0. The van der Waals surface area contributed by atoms with E-state index in [9.17, 15) is 22.8 Å². The summed E-state index contributed by atoms with van der Waals surface area (Å²) in [4.78, 5) is 29.6. The summed E-state index contributed by atoms with van der Waals surface area (Å²) in [5, 5.41) is 14.4. The van der Waals surface area contributed by atoms with Crippen molar-refractivity contribution >= 4 is 11.8 Å². The number of rotatable bonds is 10. The van der Waals surface area contributed by atoms with Crippen LogP contribution in [0.15, 0.2) is 12.1 Å². The quantitative estimate of drug-likeness (QED) is 0.529. The summed E-state index contributed by atoms with van der Waals surface area (Å²) in [5.74, 6) is -0.693. The van der Waals surface area contributed by atoms with E-state index in [2.05, 4.69) is 15.6 Å². The molecule has 30 heavy (non-hydrogen) atoms. The molecule has 0 radical (unpaired) electrons. The molecule has 0 unspecified atom stereocenters. The number of likely N-dealkylation sites (N-methyl/N-ethyl adjacent to an activating group) is 1. The minimum Gasteiger partial charge on any atom is -0.478 e. The van der Waals surface area contributed by atoms with Crippen LogP contribution in [-0.4, -0.2) is 53.4 Å². The third kappa shape index (κ3) is 5.62. The molecule has 2 amide bonds. The predicted octanol–water partition coefficient (Wildman–Crippen LogP) is 2.69. The van der Waals surface area contributed by atoms with Gasteiger partial charge in [0, 0.05) is 19.5 Å². The summed E-state index contributed by atoms with van der Waals surface area (Å²) in [6, 6.07) is 3.17. The summed E-state index contributed by atoms with van der Waals surface area (Å²) in [7, 11) is 1.49. The summed E-state index contributed by atoms with van der Waals surface area (Å²) in [5.41, 5.74) is -0.281. The molecule has 1 aliphatic rings. The van der Waals surface area contributed by atoms with E-state index in [0.29, 0.717) is 18.4 Å². The van der Waals surface area contributed by atoms with Gasteiger partial charge in [0.05, 0.1) is 6.61 Å². The molecule has 0 bridgehead atoms. The summed E-state index contributed by atoms with van der Waals surface area (Å²) in [6.07, 6.45) is -5.31. The molecule has 1 fully saturated rings. The standard InChI is InChI=1S/C20H28F3N3O4/c1-4-19(5-2,18(29)24-3)26-17(28)16-13(12-6-7-12)8-9-15(25-16)30-11-10-14(27)20(21,22)23/h8-9,12,14,27H,4-7,10-11H2,1-3H3,(H,24,29)(H,26,28)/t14-/m0/s1. The molecule has 168 valence electrons. The molecule has 1 atom stereocenters. The van der Waals surface area contributed by atoms with Gasteiger partial charge in [-0.3, -0.25) is 9.59 Å². The van der Waals surface area contributed by atoms with Crippen molar-refractivity contribution in [2.45, 2.75) is 69.7 Å². The van der Waals surface area contributed by atoms with E-state index in [1.807, 2.05) is 0 Å². The molecular formula is C20H28F3N3O4. The van der Waals surface area contributed by atoms with Crippen molar-refractivity contribution in [1.29, 1.82) is 0 Å². The SMILES string of the molecule is CCC(CC)(NC(=O)c1nc(OCC[C@H](O)C(F)(F)F)ccc1C1CC1)C(=O)NC. The zero-order valence-corrected chi connectivity index (χ0v) is 17.3. The monoisotopic (exact) mass is 431 g/mol. The first-order chi connectivity index (χ1) is 14.1. The van der Waals surface area contributed by atoms with Gasteiger partial charge in [0.1, 0.15) is 11.2 Å². The largest absolute Gasteiger partial charge is 0.478 e. The van der Waals surface area contributed by atoms with Gasteiger partial charge < -0.3 is 20.5 Å². The van der Waals surface area contributed by atoms with Gasteiger partial charge >= 0.3 is 6.18 Å². The van der Waals surface area contributed by atoms with Crippen molar-refractivity contribution < 1.29 is 32.6 Å². The molecule has 3 N–H and O–H groups in total. The van der Waals surface area contributed by atoms with Crippen molar-refractivity contribution in [3.05, 3.63) is 23.4 Å². The highest BCUT2D eigenvalue weighted by molar-refractivity contribution is 5.99. The van der Waals surface area contributed by atoms with Gasteiger partial charge in [-0.1, -0.05) is 19.9 Å². The van der Waals surface area contributed by atoms with Crippen LogP contribution in [-0.2, 0) is 4.79 Å². The summed E-state index contributed by atoms with van der Waals surface area (Å²) >= 11 is 0. The van der Waals surface area contributed by atoms with Crippen molar-refractivity contribution in [1.82, 2.24) is 15.6 Å². The van der Waals surface area contributed by atoms with Crippen molar-refractivity contribution in [2.75, 3.05) is 13.7 Å². The molecule has 1 aliphatic carbocycles. The Hall–Kier alpha value is -2.36. The van der Waals surface area contributed by atoms with E-state index >= 15 is 0 Å². The number of carbonyl (C=O) groups is 2. The van der Waals surface area contributed by atoms with E-state index in [1.165, 1.54) is 13.1 Å². The fourth-order valence-electron chi connectivity index (χ4n) is 3.20. The highest BCUT2D eigenvalue weighted by Gasteiger charge is 2.39. The maximum Gasteiger partial charge on any atom is 0.414 e. The molecule has 0 spiro atoms. The Bertz CT molecular complexity index is 762. The van der Waals surface area contributed by atoms with Gasteiger partial charge in [-0.05, 0) is 37.2 Å². The average molecular weight is 431 g/mol. The maximum atomic E-state index is 13.0. The molecular weight excluding hydrogens is 403 g/mol. The number of halogens is 3. The minimum atomic E-state index is -4.72. The van der Waals surface area contributed by atoms with Crippen LogP contribution in [0.3, 0.4) is 0 Å².